The minimum atomic E-state index is -4.73. The molecule has 9 heteroatoms. The van der Waals surface area contributed by atoms with Crippen molar-refractivity contribution in [2.75, 3.05) is 0 Å². The van der Waals surface area contributed by atoms with E-state index >= 15 is 0 Å². The van der Waals surface area contributed by atoms with Gasteiger partial charge < -0.3 is 0 Å². The third-order valence-electron chi connectivity index (χ3n) is 2.80. The van der Waals surface area contributed by atoms with Crippen LogP contribution in [0.3, 0.4) is 0 Å². The van der Waals surface area contributed by atoms with Crippen molar-refractivity contribution in [2.24, 2.45) is 0 Å². The number of alkyl halides is 3. The van der Waals surface area contributed by atoms with E-state index in [0.29, 0.717) is 6.07 Å². The lowest BCUT2D eigenvalue weighted by Crippen LogP contribution is -2.06. The van der Waals surface area contributed by atoms with E-state index in [9.17, 15) is 23.3 Å². The molecule has 0 N–H and O–H groups in total. The smallest absolute Gasteiger partial charge is 0.258 e. The second kappa shape index (κ2) is 5.95. The molecule has 0 aliphatic carbocycles. The van der Waals surface area contributed by atoms with Crippen molar-refractivity contribution in [3.8, 4) is 11.1 Å². The lowest BCUT2D eigenvalue weighted by molar-refractivity contribution is -0.385. The van der Waals surface area contributed by atoms with E-state index in [4.69, 9.17) is 34.8 Å². The minimum absolute atomic E-state index is 0.0408. The number of nitro benzene ring substituents is 1. The van der Waals surface area contributed by atoms with Crippen molar-refractivity contribution in [2.45, 2.75) is 6.18 Å². The molecule has 0 aromatic heterocycles. The first kappa shape index (κ1) is 16.9. The third-order valence-corrected chi connectivity index (χ3v) is 4.10. The largest absolute Gasteiger partial charge is 0.416 e. The quantitative estimate of drug-likeness (QED) is 0.357. The number of benzene rings is 2. The molecule has 0 amide bonds. The zero-order valence-corrected chi connectivity index (χ0v) is 12.7. The van der Waals surface area contributed by atoms with Crippen molar-refractivity contribution in [1.82, 2.24) is 0 Å². The van der Waals surface area contributed by atoms with Gasteiger partial charge in [-0.05, 0) is 17.7 Å². The third kappa shape index (κ3) is 3.29. The SMILES string of the molecule is O=[N+]([O-])c1cc(-c2ccc(Cl)c(Cl)c2Cl)cc(C(F)(F)F)c1. The van der Waals surface area contributed by atoms with Crippen LogP contribution in [0.2, 0.25) is 15.1 Å². The van der Waals surface area contributed by atoms with Gasteiger partial charge in [0, 0.05) is 17.7 Å². The predicted molar refractivity (Wildman–Crippen MR) is 78.6 cm³/mol. The van der Waals surface area contributed by atoms with Crippen LogP contribution in [0.1, 0.15) is 5.56 Å². The second-order valence-corrected chi connectivity index (χ2v) is 5.41. The molecule has 0 bridgehead atoms. The van der Waals surface area contributed by atoms with Crippen molar-refractivity contribution in [3.05, 3.63) is 61.1 Å². The molecule has 0 saturated heterocycles. The zero-order chi connectivity index (χ0) is 16.7. The van der Waals surface area contributed by atoms with Crippen LogP contribution >= 0.6 is 34.8 Å². The highest BCUT2D eigenvalue weighted by Crippen LogP contribution is 2.41. The van der Waals surface area contributed by atoms with Gasteiger partial charge in [-0.25, -0.2) is 0 Å². The molecule has 0 heterocycles. The van der Waals surface area contributed by atoms with E-state index < -0.39 is 22.4 Å². The summed E-state index contributed by atoms with van der Waals surface area (Å²) in [5.74, 6) is 0. The van der Waals surface area contributed by atoms with E-state index in [-0.39, 0.29) is 26.2 Å². The van der Waals surface area contributed by atoms with Crippen LogP contribution in [0, 0.1) is 10.1 Å². The van der Waals surface area contributed by atoms with Gasteiger partial charge in [0.15, 0.2) is 0 Å². The molecule has 2 aromatic carbocycles. The highest BCUT2D eigenvalue weighted by molar-refractivity contribution is 6.49. The average molecular weight is 371 g/mol. The highest BCUT2D eigenvalue weighted by atomic mass is 35.5. The lowest BCUT2D eigenvalue weighted by Gasteiger charge is -2.11. The molecular weight excluding hydrogens is 366 g/mol. The second-order valence-electron chi connectivity index (χ2n) is 4.25. The van der Waals surface area contributed by atoms with Gasteiger partial charge in [0.05, 0.1) is 25.6 Å². The topological polar surface area (TPSA) is 43.1 Å². The summed E-state index contributed by atoms with van der Waals surface area (Å²) in [6.07, 6.45) is -4.73. The van der Waals surface area contributed by atoms with Crippen molar-refractivity contribution in [3.63, 3.8) is 0 Å². The van der Waals surface area contributed by atoms with Gasteiger partial charge in [-0.3, -0.25) is 10.1 Å². The summed E-state index contributed by atoms with van der Waals surface area (Å²) in [6.45, 7) is 0. The highest BCUT2D eigenvalue weighted by Gasteiger charge is 2.33. The molecular formula is C13H5Cl3F3NO2. The summed E-state index contributed by atoms with van der Waals surface area (Å²) in [7, 11) is 0. The van der Waals surface area contributed by atoms with E-state index in [0.717, 1.165) is 12.1 Å². The van der Waals surface area contributed by atoms with E-state index in [1.165, 1.54) is 12.1 Å². The first-order valence-corrected chi connectivity index (χ1v) is 6.75. The van der Waals surface area contributed by atoms with Crippen LogP contribution in [0.25, 0.3) is 11.1 Å². The Morgan fingerprint density at radius 2 is 1.64 bits per heavy atom. The molecule has 3 nitrogen and oxygen atoms in total. The Hall–Kier alpha value is -1.50. The van der Waals surface area contributed by atoms with Crippen molar-refractivity contribution < 1.29 is 18.1 Å². The fraction of sp³-hybridized carbons (Fsp3) is 0.0769. The monoisotopic (exact) mass is 369 g/mol. The minimum Gasteiger partial charge on any atom is -0.258 e. The summed E-state index contributed by atoms with van der Waals surface area (Å²) < 4.78 is 38.6. The fourth-order valence-electron chi connectivity index (χ4n) is 1.78. The fourth-order valence-corrected chi connectivity index (χ4v) is 2.43. The van der Waals surface area contributed by atoms with E-state index in [2.05, 4.69) is 0 Å². The van der Waals surface area contributed by atoms with Gasteiger partial charge in [-0.2, -0.15) is 13.2 Å². The number of rotatable bonds is 2. The van der Waals surface area contributed by atoms with Gasteiger partial charge in [-0.1, -0.05) is 40.9 Å². The Bertz CT molecular complexity index is 763. The molecule has 22 heavy (non-hydrogen) atoms. The van der Waals surface area contributed by atoms with Crippen molar-refractivity contribution >= 4 is 40.5 Å². The maximum Gasteiger partial charge on any atom is 0.416 e. The molecule has 0 radical (unpaired) electrons. The lowest BCUT2D eigenvalue weighted by atomic mass is 10.0. The van der Waals surface area contributed by atoms with Crippen LogP contribution in [-0.4, -0.2) is 4.92 Å². The van der Waals surface area contributed by atoms with Crippen LogP contribution < -0.4 is 0 Å². The van der Waals surface area contributed by atoms with E-state index in [1.54, 1.807) is 0 Å². The average Bonchev–Trinajstić information content (AvgIpc) is 2.43. The normalized spacial score (nSPS) is 11.5. The number of hydrogen-bond acceptors (Lipinski definition) is 2. The Kier molecular flexibility index (Phi) is 4.56. The molecule has 0 fully saturated rings. The van der Waals surface area contributed by atoms with Crippen molar-refractivity contribution in [1.29, 1.82) is 0 Å². The first-order valence-electron chi connectivity index (χ1n) is 5.62. The molecule has 0 aliphatic rings. The van der Waals surface area contributed by atoms with Gasteiger partial charge in [0.25, 0.3) is 5.69 Å². The number of halogens is 6. The van der Waals surface area contributed by atoms with Crippen LogP contribution in [0.5, 0.6) is 0 Å². The summed E-state index contributed by atoms with van der Waals surface area (Å²) in [5, 5.41) is 10.8. The van der Waals surface area contributed by atoms with Gasteiger partial charge in [0.2, 0.25) is 0 Å². The summed E-state index contributed by atoms with van der Waals surface area (Å²) in [5.41, 5.74) is -1.82. The van der Waals surface area contributed by atoms with Crippen LogP contribution in [0.4, 0.5) is 18.9 Å². The number of nitro groups is 1. The molecule has 0 saturated carbocycles. The van der Waals surface area contributed by atoms with Gasteiger partial charge >= 0.3 is 6.18 Å². The van der Waals surface area contributed by atoms with Crippen LogP contribution in [0.15, 0.2) is 30.3 Å². The summed E-state index contributed by atoms with van der Waals surface area (Å²) >= 11 is 17.6. The molecule has 0 aliphatic heterocycles. The molecule has 0 spiro atoms. The van der Waals surface area contributed by atoms with Gasteiger partial charge in [0.1, 0.15) is 0 Å². The first-order chi connectivity index (χ1) is 10.1. The Balaban J connectivity index is 2.73. The molecule has 0 atom stereocenters. The number of non-ortho nitro benzene ring substituents is 1. The number of hydrogen-bond donors (Lipinski definition) is 0. The molecule has 0 unspecified atom stereocenters. The molecule has 2 aromatic rings. The summed E-state index contributed by atoms with van der Waals surface area (Å²) in [4.78, 5) is 9.92. The van der Waals surface area contributed by atoms with E-state index in [1.807, 2.05) is 0 Å². The Labute approximate surface area is 137 Å². The zero-order valence-electron chi connectivity index (χ0n) is 10.4. The number of nitrogens with zero attached hydrogens (tertiary/aromatic N) is 1. The molecule has 2 rings (SSSR count). The summed E-state index contributed by atoms with van der Waals surface area (Å²) in [6, 6.07) is 4.89. The predicted octanol–water partition coefficient (Wildman–Crippen LogP) is 6.24. The van der Waals surface area contributed by atoms with Crippen LogP contribution in [-0.2, 0) is 6.18 Å². The Morgan fingerprint density at radius 1 is 1.00 bits per heavy atom. The maximum atomic E-state index is 12.9. The standard InChI is InChI=1S/C13H5Cl3F3NO2/c14-10-2-1-9(11(15)12(10)16)6-3-7(13(17,18)19)5-8(4-6)20(21)22/h1-5H. The molecule has 116 valence electrons. The maximum absolute atomic E-state index is 12.9. The Morgan fingerprint density at radius 3 is 2.18 bits per heavy atom. The van der Waals surface area contributed by atoms with Gasteiger partial charge in [-0.15, -0.1) is 0 Å².